The first-order valence-electron chi connectivity index (χ1n) is 6.00. The van der Waals surface area contributed by atoms with Crippen molar-refractivity contribution in [3.63, 3.8) is 0 Å². The first-order chi connectivity index (χ1) is 8.72. The largest absolute Gasteiger partial charge is 0.505 e. The number of hydrogen-bond donors (Lipinski definition) is 2. The van der Waals surface area contributed by atoms with Gasteiger partial charge in [0, 0.05) is 6.61 Å². The molecule has 0 aliphatic carbocycles. The number of unbranched alkanes of at least 4 members (excludes halogenated alkanes) is 1. The van der Waals surface area contributed by atoms with Gasteiger partial charge in [0.1, 0.15) is 12.2 Å². The van der Waals surface area contributed by atoms with Gasteiger partial charge in [-0.1, -0.05) is 0 Å². The van der Waals surface area contributed by atoms with Crippen molar-refractivity contribution >= 4 is 6.16 Å². The second kappa shape index (κ2) is 9.09. The number of carboxylic acid groups (broad SMARTS) is 1. The normalized spacial score (nSPS) is 23.8. The van der Waals surface area contributed by atoms with Crippen molar-refractivity contribution in [2.24, 2.45) is 0 Å². The molecule has 0 spiro atoms. The molecule has 2 aliphatic rings. The van der Waals surface area contributed by atoms with Crippen molar-refractivity contribution in [3.05, 3.63) is 0 Å². The summed E-state index contributed by atoms with van der Waals surface area (Å²) in [4.78, 5) is 9.68. The summed E-state index contributed by atoms with van der Waals surface area (Å²) in [5, 5.41) is 16.2. The van der Waals surface area contributed by atoms with E-state index in [1.807, 2.05) is 0 Å². The van der Waals surface area contributed by atoms with Gasteiger partial charge in [-0.05, 0) is 12.8 Å². The molecular weight excluding hydrogens is 244 g/mol. The lowest BCUT2D eigenvalue weighted by Gasteiger charge is -1.96. The number of aliphatic hydroxyl groups is 1. The third-order valence-electron chi connectivity index (χ3n) is 2.19. The van der Waals surface area contributed by atoms with Crippen LogP contribution < -0.4 is 0 Å². The monoisotopic (exact) mass is 264 g/mol. The predicted octanol–water partition coefficient (Wildman–Crippen LogP) is 0.254. The molecule has 0 aromatic rings. The van der Waals surface area contributed by atoms with Crippen LogP contribution in [0, 0.1) is 0 Å². The van der Waals surface area contributed by atoms with E-state index >= 15 is 0 Å². The Bertz CT molecular complexity index is 213. The van der Waals surface area contributed by atoms with Gasteiger partial charge < -0.3 is 29.2 Å². The van der Waals surface area contributed by atoms with Gasteiger partial charge >= 0.3 is 6.16 Å². The maximum absolute atomic E-state index is 9.68. The summed E-state index contributed by atoms with van der Waals surface area (Å²) < 4.78 is 19.3. The average molecular weight is 264 g/mol. The molecule has 0 aromatic carbocycles. The molecular formula is C11H20O7. The van der Waals surface area contributed by atoms with E-state index in [0.29, 0.717) is 25.0 Å². The first kappa shape index (κ1) is 15.2. The van der Waals surface area contributed by atoms with Crippen molar-refractivity contribution in [1.29, 1.82) is 0 Å². The lowest BCUT2D eigenvalue weighted by Crippen LogP contribution is -2.06. The average Bonchev–Trinajstić information content (AvgIpc) is 3.18. The number of epoxide rings is 2. The molecule has 2 fully saturated rings. The van der Waals surface area contributed by atoms with Crippen LogP contribution in [0.15, 0.2) is 0 Å². The van der Waals surface area contributed by atoms with Gasteiger partial charge in [-0.3, -0.25) is 0 Å². The molecule has 2 heterocycles. The van der Waals surface area contributed by atoms with Crippen LogP contribution in [0.3, 0.4) is 0 Å². The quantitative estimate of drug-likeness (QED) is 0.368. The third kappa shape index (κ3) is 10.3. The van der Waals surface area contributed by atoms with Crippen LogP contribution in [0.4, 0.5) is 4.79 Å². The van der Waals surface area contributed by atoms with Crippen LogP contribution >= 0.6 is 0 Å². The molecule has 2 unspecified atom stereocenters. The highest BCUT2D eigenvalue weighted by Crippen LogP contribution is 2.12. The summed E-state index contributed by atoms with van der Waals surface area (Å²) in [5.41, 5.74) is 0. The standard InChI is InChI=1S/C6H10O3.C5H10O4/c1(5-3-8-5)7-2-6-4-9-6;6-3-1-2-4-9-5(7)8/h5-6H,1-4H2;6H,1-4H2,(H,7,8). The van der Waals surface area contributed by atoms with E-state index in [1.54, 1.807) is 0 Å². The zero-order valence-corrected chi connectivity index (χ0v) is 10.2. The van der Waals surface area contributed by atoms with Crippen molar-refractivity contribution in [3.8, 4) is 0 Å². The highest BCUT2D eigenvalue weighted by molar-refractivity contribution is 5.56. The fourth-order valence-corrected chi connectivity index (χ4v) is 1.03. The minimum Gasteiger partial charge on any atom is -0.450 e. The third-order valence-corrected chi connectivity index (χ3v) is 2.19. The summed E-state index contributed by atoms with van der Waals surface area (Å²) in [6, 6.07) is 0. The van der Waals surface area contributed by atoms with E-state index in [4.69, 9.17) is 24.4 Å². The molecule has 2 aliphatic heterocycles. The van der Waals surface area contributed by atoms with Crippen molar-refractivity contribution in [2.75, 3.05) is 39.6 Å². The van der Waals surface area contributed by atoms with Crippen molar-refractivity contribution < 1.29 is 34.0 Å². The molecule has 106 valence electrons. The lowest BCUT2D eigenvalue weighted by molar-refractivity contribution is 0.0885. The smallest absolute Gasteiger partial charge is 0.450 e. The maximum atomic E-state index is 9.68. The van der Waals surface area contributed by atoms with Crippen LogP contribution in [0.1, 0.15) is 12.8 Å². The Balaban J connectivity index is 0.000000180. The molecule has 18 heavy (non-hydrogen) atoms. The molecule has 0 aromatic heterocycles. The van der Waals surface area contributed by atoms with Crippen LogP contribution in [0.25, 0.3) is 0 Å². The summed E-state index contributed by atoms with van der Waals surface area (Å²) in [6.45, 7) is 3.52. The second-order valence-corrected chi connectivity index (χ2v) is 3.99. The van der Waals surface area contributed by atoms with E-state index in [-0.39, 0.29) is 13.2 Å². The van der Waals surface area contributed by atoms with Crippen LogP contribution in [-0.4, -0.2) is 68.2 Å². The first-order valence-corrected chi connectivity index (χ1v) is 6.00. The van der Waals surface area contributed by atoms with E-state index < -0.39 is 6.16 Å². The zero-order valence-electron chi connectivity index (χ0n) is 10.2. The Hall–Kier alpha value is -0.890. The summed E-state index contributed by atoms with van der Waals surface area (Å²) >= 11 is 0. The van der Waals surface area contributed by atoms with Gasteiger partial charge in [-0.2, -0.15) is 0 Å². The van der Waals surface area contributed by atoms with Gasteiger partial charge in [-0.15, -0.1) is 0 Å². The van der Waals surface area contributed by atoms with Gasteiger partial charge in [0.15, 0.2) is 0 Å². The molecule has 2 atom stereocenters. The zero-order chi connectivity index (χ0) is 13.2. The molecule has 0 amide bonds. The van der Waals surface area contributed by atoms with E-state index in [2.05, 4.69) is 4.74 Å². The van der Waals surface area contributed by atoms with Gasteiger partial charge in [-0.25, -0.2) is 4.79 Å². The Labute approximate surface area is 106 Å². The summed E-state index contributed by atoms with van der Waals surface area (Å²) in [6.07, 6.45) is 0.705. The molecule has 7 heteroatoms. The predicted molar refractivity (Wildman–Crippen MR) is 60.6 cm³/mol. The van der Waals surface area contributed by atoms with E-state index in [9.17, 15) is 4.79 Å². The fraction of sp³-hybridized carbons (Fsp3) is 0.909. The van der Waals surface area contributed by atoms with Crippen molar-refractivity contribution in [2.45, 2.75) is 25.0 Å². The highest BCUT2D eigenvalue weighted by Gasteiger charge is 2.26. The molecule has 7 nitrogen and oxygen atoms in total. The molecule has 2 saturated heterocycles. The number of hydrogen-bond acceptors (Lipinski definition) is 6. The highest BCUT2D eigenvalue weighted by atomic mass is 16.7. The molecule has 0 radical (unpaired) electrons. The second-order valence-electron chi connectivity index (χ2n) is 3.99. The molecule has 2 rings (SSSR count). The Kier molecular flexibility index (Phi) is 7.66. The Morgan fingerprint density at radius 3 is 2.11 bits per heavy atom. The molecule has 0 bridgehead atoms. The summed E-state index contributed by atoms with van der Waals surface area (Å²) in [5.74, 6) is 0. The number of aliphatic hydroxyl groups excluding tert-OH is 1. The van der Waals surface area contributed by atoms with Gasteiger partial charge in [0.05, 0.1) is 33.0 Å². The van der Waals surface area contributed by atoms with Crippen LogP contribution in [-0.2, 0) is 18.9 Å². The molecule has 2 N–H and O–H groups in total. The Morgan fingerprint density at radius 1 is 1.17 bits per heavy atom. The van der Waals surface area contributed by atoms with Crippen LogP contribution in [0.2, 0.25) is 0 Å². The van der Waals surface area contributed by atoms with Gasteiger partial charge in [0.25, 0.3) is 0 Å². The molecule has 0 saturated carbocycles. The number of rotatable bonds is 8. The summed E-state index contributed by atoms with van der Waals surface area (Å²) in [7, 11) is 0. The minimum atomic E-state index is -1.26. The van der Waals surface area contributed by atoms with E-state index in [0.717, 1.165) is 26.4 Å². The Morgan fingerprint density at radius 2 is 1.72 bits per heavy atom. The van der Waals surface area contributed by atoms with E-state index in [1.165, 1.54) is 0 Å². The fourth-order valence-electron chi connectivity index (χ4n) is 1.03. The van der Waals surface area contributed by atoms with Crippen LogP contribution in [0.5, 0.6) is 0 Å². The maximum Gasteiger partial charge on any atom is 0.505 e. The number of carbonyl (C=O) groups is 1. The van der Waals surface area contributed by atoms with Crippen molar-refractivity contribution in [1.82, 2.24) is 0 Å². The minimum absolute atomic E-state index is 0.0863. The SMILES string of the molecule is C(OCC1CO1)C1CO1.O=C(O)OCCCCO. The topological polar surface area (TPSA) is 101 Å². The van der Waals surface area contributed by atoms with Gasteiger partial charge in [0.2, 0.25) is 0 Å². The number of ether oxygens (including phenoxy) is 4. The lowest BCUT2D eigenvalue weighted by atomic mass is 10.3.